The molecule has 0 atom stereocenters. The van der Waals surface area contributed by atoms with Gasteiger partial charge in [-0.25, -0.2) is 14.2 Å². The number of hydrogen-bond donors (Lipinski definition) is 0. The van der Waals surface area contributed by atoms with E-state index in [2.05, 4.69) is 25.7 Å². The van der Waals surface area contributed by atoms with Crippen molar-refractivity contribution in [1.29, 1.82) is 0 Å². The minimum atomic E-state index is -0.383. The maximum atomic E-state index is 13.0. The van der Waals surface area contributed by atoms with Crippen molar-refractivity contribution >= 4 is 32.5 Å². The fourth-order valence-corrected chi connectivity index (χ4v) is 2.62. The van der Waals surface area contributed by atoms with Crippen molar-refractivity contribution < 1.29 is 18.3 Å². The Bertz CT molecular complexity index is 915. The molecule has 0 fully saturated rings. The Morgan fingerprint density at radius 2 is 1.84 bits per heavy atom. The molecule has 2 aromatic carbocycles. The summed E-state index contributed by atoms with van der Waals surface area (Å²) in [6.45, 7) is 0. The number of ether oxygens (including phenoxy) is 1. The van der Waals surface area contributed by atoms with Crippen molar-refractivity contribution in [2.75, 3.05) is 7.11 Å². The lowest BCUT2D eigenvalue weighted by atomic mass is 10.1. The molecule has 0 bridgehead atoms. The van der Waals surface area contributed by atoms with Crippen LogP contribution < -0.4 is 0 Å². The fraction of sp³-hybridized carbons (Fsp3) is 0.0526. The van der Waals surface area contributed by atoms with Crippen LogP contribution in [-0.4, -0.2) is 18.1 Å². The number of benzene rings is 2. The van der Waals surface area contributed by atoms with Gasteiger partial charge < -0.3 is 9.15 Å². The smallest absolute Gasteiger partial charge is 0.337 e. The number of hydrogen-bond acceptors (Lipinski definition) is 4. The summed E-state index contributed by atoms with van der Waals surface area (Å²) in [6.07, 6.45) is 3.40. The zero-order valence-electron chi connectivity index (χ0n) is 13.2. The zero-order valence-corrected chi connectivity index (χ0v) is 14.8. The van der Waals surface area contributed by atoms with Crippen LogP contribution in [0.5, 0.6) is 0 Å². The Labute approximate surface area is 152 Å². The van der Waals surface area contributed by atoms with Crippen LogP contribution in [0.3, 0.4) is 0 Å². The second-order valence-corrected chi connectivity index (χ2v) is 6.00. The SMILES string of the molecule is COC(=O)c1ccc(/C=C(\Br)c2ncc(-c3ccc(F)cc3)o2)cc1. The van der Waals surface area contributed by atoms with Crippen molar-refractivity contribution in [2.24, 2.45) is 0 Å². The monoisotopic (exact) mass is 401 g/mol. The van der Waals surface area contributed by atoms with E-state index in [0.717, 1.165) is 11.1 Å². The molecule has 0 amide bonds. The van der Waals surface area contributed by atoms with Gasteiger partial charge in [0.25, 0.3) is 0 Å². The average molecular weight is 402 g/mol. The molecule has 6 heteroatoms. The van der Waals surface area contributed by atoms with Crippen LogP contribution in [0.15, 0.2) is 59.1 Å². The molecule has 3 rings (SSSR count). The Morgan fingerprint density at radius 1 is 1.16 bits per heavy atom. The van der Waals surface area contributed by atoms with Crippen LogP contribution >= 0.6 is 15.9 Å². The lowest BCUT2D eigenvalue weighted by molar-refractivity contribution is 0.0600. The van der Waals surface area contributed by atoms with E-state index >= 15 is 0 Å². The summed E-state index contributed by atoms with van der Waals surface area (Å²) in [5, 5.41) is 0. The van der Waals surface area contributed by atoms with Crippen molar-refractivity contribution in [3.8, 4) is 11.3 Å². The minimum absolute atomic E-state index is 0.306. The van der Waals surface area contributed by atoms with Gasteiger partial charge in [-0.2, -0.15) is 0 Å². The number of carbonyl (C=O) groups excluding carboxylic acids is 1. The number of aromatic nitrogens is 1. The fourth-order valence-electron chi connectivity index (χ4n) is 2.17. The van der Waals surface area contributed by atoms with Crippen LogP contribution in [0.4, 0.5) is 4.39 Å². The number of carbonyl (C=O) groups is 1. The van der Waals surface area contributed by atoms with Gasteiger partial charge in [0, 0.05) is 5.56 Å². The summed E-state index contributed by atoms with van der Waals surface area (Å²) in [6, 6.07) is 12.9. The number of nitrogens with zero attached hydrogens (tertiary/aromatic N) is 1. The van der Waals surface area contributed by atoms with E-state index in [0.29, 0.717) is 21.7 Å². The van der Waals surface area contributed by atoms with Crippen LogP contribution in [0, 0.1) is 5.82 Å². The van der Waals surface area contributed by atoms with E-state index in [4.69, 9.17) is 4.42 Å². The van der Waals surface area contributed by atoms with Gasteiger partial charge in [0.1, 0.15) is 5.82 Å². The van der Waals surface area contributed by atoms with Gasteiger partial charge >= 0.3 is 5.97 Å². The highest BCUT2D eigenvalue weighted by Crippen LogP contribution is 2.28. The van der Waals surface area contributed by atoms with Gasteiger partial charge in [-0.15, -0.1) is 0 Å². The van der Waals surface area contributed by atoms with Crippen LogP contribution in [0.2, 0.25) is 0 Å². The molecule has 0 saturated carbocycles. The number of methoxy groups -OCH3 is 1. The molecule has 0 radical (unpaired) electrons. The number of esters is 1. The quantitative estimate of drug-likeness (QED) is 0.566. The second kappa shape index (κ2) is 7.44. The summed E-state index contributed by atoms with van der Waals surface area (Å²) >= 11 is 3.43. The average Bonchev–Trinajstić information content (AvgIpc) is 3.12. The Kier molecular flexibility index (Phi) is 5.09. The summed E-state index contributed by atoms with van der Waals surface area (Å²) < 4.78 is 24.0. The molecule has 0 aliphatic carbocycles. The maximum Gasteiger partial charge on any atom is 0.337 e. The third-order valence-corrected chi connectivity index (χ3v) is 4.03. The highest BCUT2D eigenvalue weighted by molar-refractivity contribution is 9.15. The molecular formula is C19H13BrFNO3. The highest BCUT2D eigenvalue weighted by Gasteiger charge is 2.10. The molecule has 4 nitrogen and oxygen atoms in total. The molecule has 126 valence electrons. The first-order chi connectivity index (χ1) is 12.1. The Hall–Kier alpha value is -2.73. The number of oxazole rings is 1. The van der Waals surface area contributed by atoms with Crippen molar-refractivity contribution in [2.45, 2.75) is 0 Å². The van der Waals surface area contributed by atoms with Crippen LogP contribution in [0.25, 0.3) is 21.9 Å². The second-order valence-electron chi connectivity index (χ2n) is 5.14. The third-order valence-electron chi connectivity index (χ3n) is 3.46. The summed E-state index contributed by atoms with van der Waals surface area (Å²) in [5.41, 5.74) is 2.08. The first-order valence-electron chi connectivity index (χ1n) is 7.34. The van der Waals surface area contributed by atoms with E-state index in [-0.39, 0.29) is 11.8 Å². The van der Waals surface area contributed by atoms with Gasteiger partial charge in [-0.05, 0) is 64.0 Å². The molecule has 0 aliphatic rings. The number of rotatable bonds is 4. The summed E-state index contributed by atoms with van der Waals surface area (Å²) in [7, 11) is 1.34. The van der Waals surface area contributed by atoms with Crippen molar-refractivity contribution in [3.63, 3.8) is 0 Å². The molecule has 0 saturated heterocycles. The molecule has 0 unspecified atom stereocenters. The highest BCUT2D eigenvalue weighted by atomic mass is 79.9. The van der Waals surface area contributed by atoms with Crippen molar-refractivity contribution in [1.82, 2.24) is 4.98 Å². The lowest BCUT2D eigenvalue weighted by Gasteiger charge is -2.00. The van der Waals surface area contributed by atoms with E-state index in [1.807, 2.05) is 6.08 Å². The normalized spacial score (nSPS) is 11.4. The standard InChI is InChI=1S/C19H13BrFNO3/c1-24-19(23)14-4-2-12(3-5-14)10-16(20)18-22-11-17(25-18)13-6-8-15(21)9-7-13/h2-11H,1H3/b16-10-. The Morgan fingerprint density at radius 3 is 2.48 bits per heavy atom. The predicted molar refractivity (Wildman–Crippen MR) is 96.5 cm³/mol. The van der Waals surface area contributed by atoms with Gasteiger partial charge in [0.15, 0.2) is 5.76 Å². The first kappa shape index (κ1) is 17.1. The molecular weight excluding hydrogens is 389 g/mol. The molecule has 1 heterocycles. The molecule has 1 aromatic heterocycles. The number of halogens is 2. The lowest BCUT2D eigenvalue weighted by Crippen LogP contribution is -2.00. The zero-order chi connectivity index (χ0) is 17.8. The van der Waals surface area contributed by atoms with Gasteiger partial charge in [0.2, 0.25) is 5.89 Å². The third kappa shape index (κ3) is 4.03. The summed E-state index contributed by atoms with van der Waals surface area (Å²) in [4.78, 5) is 15.7. The van der Waals surface area contributed by atoms with Gasteiger partial charge in [-0.1, -0.05) is 12.1 Å². The predicted octanol–water partition coefficient (Wildman–Crippen LogP) is 5.16. The Balaban J connectivity index is 1.81. The van der Waals surface area contributed by atoms with Crippen LogP contribution in [0.1, 0.15) is 21.8 Å². The maximum absolute atomic E-state index is 13.0. The van der Waals surface area contributed by atoms with Crippen molar-refractivity contribution in [3.05, 3.63) is 77.6 Å². The van der Waals surface area contributed by atoms with E-state index in [9.17, 15) is 9.18 Å². The molecule has 0 N–H and O–H groups in total. The minimum Gasteiger partial charge on any atom is -0.465 e. The van der Waals surface area contributed by atoms with Gasteiger partial charge in [-0.3, -0.25) is 0 Å². The first-order valence-corrected chi connectivity index (χ1v) is 8.14. The summed E-state index contributed by atoms with van der Waals surface area (Å²) in [5.74, 6) is 0.254. The molecule has 0 spiro atoms. The van der Waals surface area contributed by atoms with E-state index in [1.54, 1.807) is 42.6 Å². The van der Waals surface area contributed by atoms with E-state index < -0.39 is 0 Å². The molecule has 25 heavy (non-hydrogen) atoms. The van der Waals surface area contributed by atoms with E-state index in [1.165, 1.54) is 19.2 Å². The largest absolute Gasteiger partial charge is 0.465 e. The molecule has 0 aliphatic heterocycles. The molecule has 3 aromatic rings. The topological polar surface area (TPSA) is 52.3 Å². The van der Waals surface area contributed by atoms with Gasteiger partial charge in [0.05, 0.1) is 23.4 Å². The van der Waals surface area contributed by atoms with Crippen LogP contribution in [-0.2, 0) is 4.74 Å².